The Morgan fingerprint density at radius 3 is 2.44 bits per heavy atom. The molecule has 0 saturated heterocycles. The zero-order valence-corrected chi connectivity index (χ0v) is 10.3. The van der Waals surface area contributed by atoms with Crippen molar-refractivity contribution in [3.63, 3.8) is 0 Å². The van der Waals surface area contributed by atoms with E-state index in [0.717, 1.165) is 25.7 Å². The van der Waals surface area contributed by atoms with Gasteiger partial charge in [0.1, 0.15) is 0 Å². The fourth-order valence-electron chi connectivity index (χ4n) is 2.74. The molecule has 1 rings (SSSR count). The highest BCUT2D eigenvalue weighted by atomic mass is 16.4. The lowest BCUT2D eigenvalue weighted by molar-refractivity contribution is -0.152. The number of aliphatic carboxylic acids is 1. The van der Waals surface area contributed by atoms with Gasteiger partial charge < -0.3 is 5.11 Å². The van der Waals surface area contributed by atoms with Crippen LogP contribution in [0.15, 0.2) is 0 Å². The molecule has 2 heteroatoms. The highest BCUT2D eigenvalue weighted by Gasteiger charge is 2.41. The molecule has 0 bridgehead atoms. The van der Waals surface area contributed by atoms with Gasteiger partial charge in [-0.15, -0.1) is 12.3 Å². The van der Waals surface area contributed by atoms with Crippen LogP contribution >= 0.6 is 0 Å². The smallest absolute Gasteiger partial charge is 0.309 e. The first-order valence-corrected chi connectivity index (χ1v) is 6.19. The van der Waals surface area contributed by atoms with Crippen molar-refractivity contribution < 1.29 is 9.90 Å². The molecule has 0 aromatic carbocycles. The van der Waals surface area contributed by atoms with Crippen LogP contribution < -0.4 is 0 Å². The molecule has 1 aliphatic carbocycles. The largest absolute Gasteiger partial charge is 0.481 e. The average Bonchev–Trinajstić information content (AvgIpc) is 2.26. The van der Waals surface area contributed by atoms with E-state index in [4.69, 9.17) is 6.42 Å². The molecular formula is C14H22O2. The van der Waals surface area contributed by atoms with Crippen molar-refractivity contribution in [2.75, 3.05) is 0 Å². The van der Waals surface area contributed by atoms with Crippen molar-refractivity contribution >= 4 is 5.97 Å². The summed E-state index contributed by atoms with van der Waals surface area (Å²) in [6.45, 7) is 4.44. The number of hydrogen-bond donors (Lipinski definition) is 1. The predicted molar refractivity (Wildman–Crippen MR) is 64.9 cm³/mol. The Kier molecular flexibility index (Phi) is 4.41. The lowest BCUT2D eigenvalue weighted by atomic mass is 9.66. The molecule has 2 nitrogen and oxygen atoms in total. The van der Waals surface area contributed by atoms with Gasteiger partial charge in [-0.1, -0.05) is 13.8 Å². The predicted octanol–water partition coefficient (Wildman–Crippen LogP) is 3.32. The summed E-state index contributed by atoms with van der Waals surface area (Å²) in [6.07, 6.45) is 10.1. The third-order valence-electron chi connectivity index (χ3n) is 4.13. The second kappa shape index (κ2) is 5.39. The normalized spacial score (nSPS) is 30.0. The molecule has 0 heterocycles. The van der Waals surface area contributed by atoms with Gasteiger partial charge in [-0.2, -0.15) is 0 Å². The van der Waals surface area contributed by atoms with E-state index in [9.17, 15) is 9.90 Å². The van der Waals surface area contributed by atoms with Gasteiger partial charge in [0.15, 0.2) is 0 Å². The second-order valence-corrected chi connectivity index (χ2v) is 5.37. The fourth-order valence-corrected chi connectivity index (χ4v) is 2.74. The van der Waals surface area contributed by atoms with E-state index in [1.54, 1.807) is 0 Å². The van der Waals surface area contributed by atoms with Gasteiger partial charge in [-0.25, -0.2) is 0 Å². The Hall–Kier alpha value is -0.970. The molecule has 0 aromatic rings. The summed E-state index contributed by atoms with van der Waals surface area (Å²) >= 11 is 0. The Balaban J connectivity index is 2.63. The van der Waals surface area contributed by atoms with Crippen molar-refractivity contribution in [2.45, 2.75) is 52.4 Å². The molecule has 0 unspecified atom stereocenters. The minimum atomic E-state index is -0.648. The van der Waals surface area contributed by atoms with Crippen LogP contribution in [-0.2, 0) is 4.79 Å². The molecule has 1 aliphatic rings. The van der Waals surface area contributed by atoms with E-state index >= 15 is 0 Å². The van der Waals surface area contributed by atoms with Crippen LogP contribution in [0.25, 0.3) is 0 Å². The molecule has 0 aromatic heterocycles. The number of terminal acetylenes is 1. The van der Waals surface area contributed by atoms with E-state index in [2.05, 4.69) is 19.8 Å². The van der Waals surface area contributed by atoms with Gasteiger partial charge in [-0.3, -0.25) is 4.79 Å². The number of rotatable bonds is 4. The lowest BCUT2D eigenvalue weighted by Crippen LogP contribution is -2.36. The quantitative estimate of drug-likeness (QED) is 0.741. The SMILES string of the molecule is C#CCCC1(C(=O)O)CCC(C(C)C)CC1. The fraction of sp³-hybridized carbons (Fsp3) is 0.786. The molecule has 16 heavy (non-hydrogen) atoms. The third-order valence-corrected chi connectivity index (χ3v) is 4.13. The summed E-state index contributed by atoms with van der Waals surface area (Å²) in [5.41, 5.74) is -0.530. The minimum Gasteiger partial charge on any atom is -0.481 e. The molecule has 0 spiro atoms. The Morgan fingerprint density at radius 1 is 1.50 bits per heavy atom. The van der Waals surface area contributed by atoms with Gasteiger partial charge in [0.05, 0.1) is 5.41 Å². The summed E-state index contributed by atoms with van der Waals surface area (Å²) in [5.74, 6) is 3.28. The van der Waals surface area contributed by atoms with E-state index in [1.165, 1.54) is 0 Å². The number of carbonyl (C=O) groups is 1. The summed E-state index contributed by atoms with van der Waals surface area (Å²) < 4.78 is 0. The zero-order valence-electron chi connectivity index (χ0n) is 10.3. The molecule has 0 aliphatic heterocycles. The minimum absolute atomic E-state index is 0.530. The van der Waals surface area contributed by atoms with Crippen molar-refractivity contribution in [1.82, 2.24) is 0 Å². The van der Waals surface area contributed by atoms with Crippen LogP contribution in [0.1, 0.15) is 52.4 Å². The Morgan fingerprint density at radius 2 is 2.06 bits per heavy atom. The van der Waals surface area contributed by atoms with Crippen molar-refractivity contribution in [3.05, 3.63) is 0 Å². The maximum absolute atomic E-state index is 11.4. The summed E-state index contributed by atoms with van der Waals surface area (Å²) in [5, 5.41) is 9.37. The molecule has 1 saturated carbocycles. The molecule has 90 valence electrons. The highest BCUT2D eigenvalue weighted by Crippen LogP contribution is 2.44. The number of hydrogen-bond acceptors (Lipinski definition) is 1. The lowest BCUT2D eigenvalue weighted by Gasteiger charge is -2.38. The van der Waals surface area contributed by atoms with E-state index in [-0.39, 0.29) is 0 Å². The van der Waals surface area contributed by atoms with Crippen LogP contribution in [-0.4, -0.2) is 11.1 Å². The topological polar surface area (TPSA) is 37.3 Å². The van der Waals surface area contributed by atoms with Crippen LogP contribution in [0.2, 0.25) is 0 Å². The van der Waals surface area contributed by atoms with Gasteiger partial charge in [0.25, 0.3) is 0 Å². The van der Waals surface area contributed by atoms with Crippen LogP contribution in [0.5, 0.6) is 0 Å². The molecule has 0 amide bonds. The van der Waals surface area contributed by atoms with Gasteiger partial charge in [0.2, 0.25) is 0 Å². The second-order valence-electron chi connectivity index (χ2n) is 5.37. The number of carboxylic acids is 1. The average molecular weight is 222 g/mol. The first-order valence-electron chi connectivity index (χ1n) is 6.19. The maximum atomic E-state index is 11.4. The summed E-state index contributed by atoms with van der Waals surface area (Å²) in [6, 6.07) is 0. The molecule has 0 atom stereocenters. The van der Waals surface area contributed by atoms with Crippen LogP contribution in [0, 0.1) is 29.6 Å². The highest BCUT2D eigenvalue weighted by molar-refractivity contribution is 5.74. The van der Waals surface area contributed by atoms with E-state index in [1.807, 2.05) is 0 Å². The van der Waals surface area contributed by atoms with Crippen molar-refractivity contribution in [2.24, 2.45) is 17.3 Å². The van der Waals surface area contributed by atoms with Gasteiger partial charge in [-0.05, 0) is 43.9 Å². The van der Waals surface area contributed by atoms with E-state index < -0.39 is 11.4 Å². The van der Waals surface area contributed by atoms with Crippen molar-refractivity contribution in [1.29, 1.82) is 0 Å². The van der Waals surface area contributed by atoms with Gasteiger partial charge >= 0.3 is 5.97 Å². The third kappa shape index (κ3) is 2.78. The zero-order chi connectivity index (χ0) is 12.2. The molecule has 0 radical (unpaired) electrons. The summed E-state index contributed by atoms with van der Waals surface area (Å²) in [7, 11) is 0. The first kappa shape index (κ1) is 13.1. The number of carboxylic acid groups (broad SMARTS) is 1. The van der Waals surface area contributed by atoms with E-state index in [0.29, 0.717) is 24.7 Å². The van der Waals surface area contributed by atoms with Gasteiger partial charge in [0, 0.05) is 6.42 Å². The van der Waals surface area contributed by atoms with Crippen molar-refractivity contribution in [3.8, 4) is 12.3 Å². The molecule has 1 fully saturated rings. The maximum Gasteiger partial charge on any atom is 0.309 e. The Bertz CT molecular complexity index is 278. The first-order chi connectivity index (χ1) is 7.52. The monoisotopic (exact) mass is 222 g/mol. The van der Waals surface area contributed by atoms with Crippen LogP contribution in [0.4, 0.5) is 0 Å². The molecular weight excluding hydrogens is 200 g/mol. The standard InChI is InChI=1S/C14H22O2/c1-4-5-8-14(13(15)16)9-6-12(7-10-14)11(2)3/h1,11-12H,5-10H2,2-3H3,(H,15,16). The summed E-state index contributed by atoms with van der Waals surface area (Å²) in [4.78, 5) is 11.4. The molecule has 1 N–H and O–H groups in total. The van der Waals surface area contributed by atoms with Crippen LogP contribution in [0.3, 0.4) is 0 Å². The Labute approximate surface area is 98.4 Å².